The summed E-state index contributed by atoms with van der Waals surface area (Å²) in [6, 6.07) is 11.6. The zero-order chi connectivity index (χ0) is 17.6. The van der Waals surface area contributed by atoms with Gasteiger partial charge in [-0.15, -0.1) is 0 Å². The van der Waals surface area contributed by atoms with Crippen molar-refractivity contribution in [2.75, 3.05) is 12.4 Å². The van der Waals surface area contributed by atoms with Crippen molar-refractivity contribution < 1.29 is 9.53 Å². The molecule has 0 radical (unpaired) electrons. The summed E-state index contributed by atoms with van der Waals surface area (Å²) in [5.74, 6) is 0.397. The third-order valence-corrected chi connectivity index (χ3v) is 5.92. The minimum Gasteiger partial charge on any atom is -0.465 e. The molecule has 0 fully saturated rings. The Morgan fingerprint density at radius 3 is 2.64 bits per heavy atom. The summed E-state index contributed by atoms with van der Waals surface area (Å²) in [4.78, 5) is 11.6. The number of fused-ring (bicyclic) bond motifs is 3. The van der Waals surface area contributed by atoms with Gasteiger partial charge >= 0.3 is 5.97 Å². The fourth-order valence-corrected chi connectivity index (χ4v) is 4.26. The molecule has 1 heterocycles. The third kappa shape index (κ3) is 2.72. The van der Waals surface area contributed by atoms with Crippen molar-refractivity contribution in [1.82, 2.24) is 0 Å². The lowest BCUT2D eigenvalue weighted by Crippen LogP contribution is -2.29. The summed E-state index contributed by atoms with van der Waals surface area (Å²) < 4.78 is 4.77. The minimum atomic E-state index is -0.330. The zero-order valence-electron chi connectivity index (χ0n) is 13.6. The van der Waals surface area contributed by atoms with Gasteiger partial charge in [0.2, 0.25) is 0 Å². The molecule has 0 spiro atoms. The van der Waals surface area contributed by atoms with E-state index >= 15 is 0 Å². The molecule has 2 aliphatic rings. The number of hydrogen-bond donors (Lipinski definition) is 1. The Hall–Kier alpha value is -1.97. The second-order valence-corrected chi connectivity index (χ2v) is 7.20. The van der Waals surface area contributed by atoms with Gasteiger partial charge in [0.05, 0.1) is 34.4 Å². The molecule has 3 atom stereocenters. The van der Waals surface area contributed by atoms with Crippen LogP contribution in [0.25, 0.3) is 0 Å². The van der Waals surface area contributed by atoms with Crippen LogP contribution in [0.4, 0.5) is 5.69 Å². The number of allylic oxidation sites excluding steroid dienone is 2. The summed E-state index contributed by atoms with van der Waals surface area (Å²) in [6.45, 7) is 0. The monoisotopic (exact) mass is 373 g/mol. The molecular weight excluding hydrogens is 357 g/mol. The highest BCUT2D eigenvalue weighted by atomic mass is 35.5. The van der Waals surface area contributed by atoms with Crippen molar-refractivity contribution in [3.8, 4) is 0 Å². The van der Waals surface area contributed by atoms with Crippen molar-refractivity contribution in [3.63, 3.8) is 0 Å². The van der Waals surface area contributed by atoms with E-state index in [9.17, 15) is 4.79 Å². The maximum Gasteiger partial charge on any atom is 0.337 e. The molecule has 25 heavy (non-hydrogen) atoms. The van der Waals surface area contributed by atoms with Crippen LogP contribution < -0.4 is 5.32 Å². The highest BCUT2D eigenvalue weighted by Crippen LogP contribution is 2.52. The van der Waals surface area contributed by atoms with Crippen molar-refractivity contribution in [3.05, 3.63) is 75.3 Å². The summed E-state index contributed by atoms with van der Waals surface area (Å²) in [5, 5.41) is 4.70. The number of halogens is 2. The molecule has 1 aliphatic heterocycles. The number of carbonyl (C=O) groups excluding carboxylic acids is 1. The molecule has 128 valence electrons. The van der Waals surface area contributed by atoms with Gasteiger partial charge in [0, 0.05) is 5.92 Å². The molecule has 1 N–H and O–H groups in total. The highest BCUT2D eigenvalue weighted by Gasteiger charge is 2.38. The van der Waals surface area contributed by atoms with Gasteiger partial charge in [-0.25, -0.2) is 4.79 Å². The second-order valence-electron chi connectivity index (χ2n) is 6.41. The summed E-state index contributed by atoms with van der Waals surface area (Å²) >= 11 is 12.7. The van der Waals surface area contributed by atoms with E-state index in [0.29, 0.717) is 27.4 Å². The van der Waals surface area contributed by atoms with Gasteiger partial charge in [0.15, 0.2) is 0 Å². The van der Waals surface area contributed by atoms with Crippen LogP contribution in [-0.4, -0.2) is 13.1 Å². The smallest absolute Gasteiger partial charge is 0.337 e. The Morgan fingerprint density at radius 2 is 1.92 bits per heavy atom. The predicted octanol–water partition coefficient (Wildman–Crippen LogP) is 5.61. The van der Waals surface area contributed by atoms with Crippen LogP contribution in [0, 0.1) is 5.92 Å². The third-order valence-electron chi connectivity index (χ3n) is 5.12. The molecule has 0 amide bonds. The van der Waals surface area contributed by atoms with Gasteiger partial charge in [-0.2, -0.15) is 0 Å². The van der Waals surface area contributed by atoms with Crippen molar-refractivity contribution in [1.29, 1.82) is 0 Å². The first kappa shape index (κ1) is 16.5. The summed E-state index contributed by atoms with van der Waals surface area (Å²) in [7, 11) is 1.39. The molecule has 0 aromatic heterocycles. The first-order valence-corrected chi connectivity index (χ1v) is 8.95. The number of rotatable bonds is 2. The Labute approximate surface area is 156 Å². The number of anilines is 1. The van der Waals surface area contributed by atoms with E-state index in [1.807, 2.05) is 18.2 Å². The molecule has 0 unspecified atom stereocenters. The first-order chi connectivity index (χ1) is 12.1. The lowest BCUT2D eigenvalue weighted by Gasteiger charge is -2.38. The average Bonchev–Trinajstić information content (AvgIpc) is 3.13. The van der Waals surface area contributed by atoms with Gasteiger partial charge in [0.25, 0.3) is 0 Å². The van der Waals surface area contributed by atoms with E-state index in [1.54, 1.807) is 12.1 Å². The minimum absolute atomic E-state index is 0.107. The van der Waals surface area contributed by atoms with E-state index in [1.165, 1.54) is 12.7 Å². The fourth-order valence-electron chi connectivity index (χ4n) is 3.88. The fraction of sp³-hybridized carbons (Fsp3) is 0.250. The maximum atomic E-state index is 11.6. The van der Waals surface area contributed by atoms with Gasteiger partial charge in [-0.3, -0.25) is 0 Å². The molecule has 2 aromatic carbocycles. The zero-order valence-corrected chi connectivity index (χ0v) is 15.1. The van der Waals surface area contributed by atoms with E-state index in [4.69, 9.17) is 27.9 Å². The van der Waals surface area contributed by atoms with Crippen molar-refractivity contribution in [2.24, 2.45) is 5.92 Å². The number of hydrogen-bond acceptors (Lipinski definition) is 3. The van der Waals surface area contributed by atoms with Crippen LogP contribution in [0.5, 0.6) is 0 Å². The predicted molar refractivity (Wildman–Crippen MR) is 101 cm³/mol. The van der Waals surface area contributed by atoms with Gasteiger partial charge < -0.3 is 10.1 Å². The van der Waals surface area contributed by atoms with Crippen LogP contribution in [0.15, 0.2) is 48.6 Å². The molecule has 4 rings (SSSR count). The summed E-state index contributed by atoms with van der Waals surface area (Å²) in [6.07, 6.45) is 5.48. The van der Waals surface area contributed by atoms with E-state index in [2.05, 4.69) is 23.5 Å². The Bertz CT molecular complexity index is 861. The SMILES string of the molecule is COC(=O)c1ccc([C@@H]2Nc3c(ccc(Cl)c3Cl)[C@H]3C=CC[C@@H]32)cc1. The molecule has 1 aliphatic carbocycles. The Balaban J connectivity index is 1.73. The van der Waals surface area contributed by atoms with Crippen LogP contribution in [-0.2, 0) is 4.74 Å². The number of esters is 1. The lowest BCUT2D eigenvalue weighted by atomic mass is 9.77. The van der Waals surface area contributed by atoms with E-state index in [-0.39, 0.29) is 12.0 Å². The molecular formula is C20H17Cl2NO2. The van der Waals surface area contributed by atoms with Crippen LogP contribution in [0.2, 0.25) is 10.0 Å². The van der Waals surface area contributed by atoms with E-state index in [0.717, 1.165) is 17.7 Å². The molecule has 0 saturated heterocycles. The van der Waals surface area contributed by atoms with Crippen molar-refractivity contribution >= 4 is 34.9 Å². The average molecular weight is 374 g/mol. The number of nitrogens with one attached hydrogen (secondary N) is 1. The van der Waals surface area contributed by atoms with Crippen LogP contribution in [0.1, 0.15) is 39.9 Å². The maximum absolute atomic E-state index is 11.6. The quantitative estimate of drug-likeness (QED) is 0.549. The Kier molecular flexibility index (Phi) is 4.22. The van der Waals surface area contributed by atoms with Crippen molar-refractivity contribution in [2.45, 2.75) is 18.4 Å². The standard InChI is InChI=1S/C20H17Cl2NO2/c1-25-20(24)12-7-5-11(6-8-12)18-14-4-2-3-13(14)15-9-10-16(21)17(22)19(15)23-18/h2-3,5-10,13-14,18,23H,4H2,1H3/t13-,14-,18-/m0/s1. The molecule has 5 heteroatoms. The topological polar surface area (TPSA) is 38.3 Å². The highest BCUT2D eigenvalue weighted by molar-refractivity contribution is 6.43. The van der Waals surface area contributed by atoms with Gasteiger partial charge in [0.1, 0.15) is 0 Å². The van der Waals surface area contributed by atoms with Gasteiger partial charge in [-0.1, -0.05) is 53.6 Å². The number of ether oxygens (including phenoxy) is 1. The largest absolute Gasteiger partial charge is 0.465 e. The number of benzene rings is 2. The summed E-state index contributed by atoms with van der Waals surface area (Å²) in [5.41, 5.74) is 3.76. The van der Waals surface area contributed by atoms with Crippen LogP contribution >= 0.6 is 23.2 Å². The van der Waals surface area contributed by atoms with Gasteiger partial charge in [-0.05, 0) is 41.7 Å². The Morgan fingerprint density at radius 1 is 1.16 bits per heavy atom. The van der Waals surface area contributed by atoms with E-state index < -0.39 is 0 Å². The molecule has 0 saturated carbocycles. The lowest BCUT2D eigenvalue weighted by molar-refractivity contribution is 0.0600. The normalized spacial score (nSPS) is 23.6. The number of carbonyl (C=O) groups is 1. The van der Waals surface area contributed by atoms with Crippen LogP contribution in [0.3, 0.4) is 0 Å². The second kappa shape index (κ2) is 6.40. The number of methoxy groups -OCH3 is 1. The molecule has 3 nitrogen and oxygen atoms in total. The first-order valence-electron chi connectivity index (χ1n) is 8.19. The molecule has 0 bridgehead atoms. The molecule has 2 aromatic rings.